The minimum atomic E-state index is 0. The van der Waals surface area contributed by atoms with E-state index in [1.165, 1.54) is 27.7 Å². The summed E-state index contributed by atoms with van der Waals surface area (Å²) in [5.74, 6) is 0. The average Bonchev–Trinajstić information content (AvgIpc) is 3.08. The number of rotatable bonds is 2. The van der Waals surface area contributed by atoms with Gasteiger partial charge in [0, 0.05) is 17.0 Å². The zero-order chi connectivity index (χ0) is 16.6. The molecule has 0 saturated carbocycles. The van der Waals surface area contributed by atoms with Gasteiger partial charge in [0.15, 0.2) is 5.69 Å². The van der Waals surface area contributed by atoms with Crippen molar-refractivity contribution in [3.05, 3.63) is 103 Å². The lowest BCUT2D eigenvalue weighted by Gasteiger charge is -2.06. The van der Waals surface area contributed by atoms with Crippen LogP contribution in [0.3, 0.4) is 0 Å². The Balaban J connectivity index is 0.00000168. The average molecular weight is 401 g/mol. The van der Waals surface area contributed by atoms with Crippen molar-refractivity contribution in [2.24, 2.45) is 0 Å². The molecule has 0 N–H and O–H groups in total. The Morgan fingerprint density at radius 2 is 1.38 bits per heavy atom. The lowest BCUT2D eigenvalue weighted by atomic mass is 10.1. The molecule has 0 bridgehead atoms. The first kappa shape index (κ1) is 16.6. The highest BCUT2D eigenvalue weighted by Gasteiger charge is 2.21. The van der Waals surface area contributed by atoms with Gasteiger partial charge in [0.05, 0.1) is 6.20 Å². The predicted molar refractivity (Wildman–Crippen MR) is 102 cm³/mol. The Hall–Kier alpha value is -2.91. The molecule has 3 aromatic carbocycles. The highest BCUT2D eigenvalue weighted by atomic mass is 79.9. The second-order valence-corrected chi connectivity index (χ2v) is 6.18. The number of aromatic nitrogens is 2. The summed E-state index contributed by atoms with van der Waals surface area (Å²) >= 11 is 0. The van der Waals surface area contributed by atoms with E-state index in [0.29, 0.717) is 0 Å². The van der Waals surface area contributed by atoms with Gasteiger partial charge in [-0.2, -0.15) is 4.57 Å². The molecule has 0 unspecified atom stereocenters. The van der Waals surface area contributed by atoms with E-state index < -0.39 is 0 Å². The van der Waals surface area contributed by atoms with E-state index in [-0.39, 0.29) is 17.0 Å². The fraction of sp³-hybridized carbons (Fsp3) is 0. The first-order valence-electron chi connectivity index (χ1n) is 8.47. The maximum atomic E-state index is 2.34. The van der Waals surface area contributed by atoms with E-state index in [2.05, 4.69) is 112 Å². The molecular weight excluding hydrogens is 384 g/mol. The predicted octanol–water partition coefficient (Wildman–Crippen LogP) is 2.04. The third kappa shape index (κ3) is 2.61. The second-order valence-electron chi connectivity index (χ2n) is 6.18. The minimum absolute atomic E-state index is 0. The maximum Gasteiger partial charge on any atom is 0.291 e. The van der Waals surface area contributed by atoms with E-state index in [9.17, 15) is 0 Å². The summed E-state index contributed by atoms with van der Waals surface area (Å²) in [4.78, 5) is 0. The first-order valence-corrected chi connectivity index (χ1v) is 8.47. The number of fused-ring (bicyclic) bond motifs is 2. The highest BCUT2D eigenvalue weighted by molar-refractivity contribution is 5.91. The molecule has 126 valence electrons. The zero-order valence-electron chi connectivity index (χ0n) is 14.1. The monoisotopic (exact) mass is 400 g/mol. The quantitative estimate of drug-likeness (QED) is 0.401. The summed E-state index contributed by atoms with van der Waals surface area (Å²) < 4.78 is 4.53. The molecule has 3 heteroatoms. The molecule has 0 radical (unpaired) electrons. The van der Waals surface area contributed by atoms with E-state index in [4.69, 9.17) is 0 Å². The van der Waals surface area contributed by atoms with Crippen molar-refractivity contribution in [2.45, 2.75) is 0 Å². The van der Waals surface area contributed by atoms with Gasteiger partial charge >= 0.3 is 0 Å². The molecule has 0 atom stereocenters. The number of imidazole rings is 1. The van der Waals surface area contributed by atoms with E-state index in [1.54, 1.807) is 0 Å². The van der Waals surface area contributed by atoms with Crippen molar-refractivity contribution in [1.82, 2.24) is 4.57 Å². The fourth-order valence-electron chi connectivity index (χ4n) is 3.53. The minimum Gasteiger partial charge on any atom is -1.00 e. The standard InChI is InChI=1S/C23H17N2.BrH/c1-2-10-19(11-3-1)22-17-24-16-7-6-15-23(24)25(22)21-14-8-12-18-9-4-5-13-20(18)21;/h1-17H;1H/q+1;/p-1. The van der Waals surface area contributed by atoms with Crippen LogP contribution in [0.2, 0.25) is 0 Å². The number of benzene rings is 3. The van der Waals surface area contributed by atoms with Crippen LogP contribution in [0, 0.1) is 0 Å². The Kier molecular flexibility index (Phi) is 4.31. The smallest absolute Gasteiger partial charge is 0.291 e. The Morgan fingerprint density at radius 1 is 0.654 bits per heavy atom. The highest BCUT2D eigenvalue weighted by Crippen LogP contribution is 2.29. The van der Waals surface area contributed by atoms with Crippen molar-refractivity contribution in [3.8, 4) is 16.9 Å². The van der Waals surface area contributed by atoms with Gasteiger partial charge < -0.3 is 17.0 Å². The molecule has 0 aliphatic heterocycles. The summed E-state index contributed by atoms with van der Waals surface area (Å²) in [6.45, 7) is 0. The van der Waals surface area contributed by atoms with Crippen LogP contribution in [-0.4, -0.2) is 4.57 Å². The van der Waals surface area contributed by atoms with Gasteiger partial charge in [-0.3, -0.25) is 0 Å². The van der Waals surface area contributed by atoms with Gasteiger partial charge in [-0.15, -0.1) is 0 Å². The first-order chi connectivity index (χ1) is 12.4. The SMILES string of the molecule is [Br-].c1ccc(-c2c[n+]3ccccc3n2-c2cccc3ccccc23)cc1. The van der Waals surface area contributed by atoms with Crippen LogP contribution in [0.25, 0.3) is 33.4 Å². The Morgan fingerprint density at radius 3 is 2.27 bits per heavy atom. The molecule has 0 spiro atoms. The van der Waals surface area contributed by atoms with Gasteiger partial charge in [-0.05, 0) is 17.5 Å². The Labute approximate surface area is 162 Å². The molecule has 2 heterocycles. The van der Waals surface area contributed by atoms with Crippen LogP contribution >= 0.6 is 0 Å². The van der Waals surface area contributed by atoms with Crippen molar-refractivity contribution in [1.29, 1.82) is 0 Å². The van der Waals surface area contributed by atoms with Gasteiger partial charge in [-0.1, -0.05) is 72.8 Å². The van der Waals surface area contributed by atoms with Crippen molar-refractivity contribution in [2.75, 3.05) is 0 Å². The Bertz CT molecular complexity index is 1190. The topological polar surface area (TPSA) is 9.03 Å². The van der Waals surface area contributed by atoms with Crippen LogP contribution in [0.15, 0.2) is 103 Å². The number of hydrogen-bond donors (Lipinski definition) is 0. The van der Waals surface area contributed by atoms with Crippen LogP contribution < -0.4 is 21.4 Å². The largest absolute Gasteiger partial charge is 1.00 e. The molecular formula is C23H17BrN2. The lowest BCUT2D eigenvalue weighted by Crippen LogP contribution is -3.00. The molecule has 2 nitrogen and oxygen atoms in total. The van der Waals surface area contributed by atoms with E-state index in [1.807, 2.05) is 0 Å². The van der Waals surface area contributed by atoms with E-state index in [0.717, 1.165) is 5.65 Å². The van der Waals surface area contributed by atoms with Crippen LogP contribution in [0.1, 0.15) is 0 Å². The summed E-state index contributed by atoms with van der Waals surface area (Å²) in [5, 5.41) is 2.51. The molecule has 0 aliphatic rings. The van der Waals surface area contributed by atoms with Gasteiger partial charge in [-0.25, -0.2) is 4.40 Å². The summed E-state index contributed by atoms with van der Waals surface area (Å²) in [6, 6.07) is 31.9. The molecule has 0 amide bonds. The van der Waals surface area contributed by atoms with Gasteiger partial charge in [0.1, 0.15) is 11.9 Å². The summed E-state index contributed by atoms with van der Waals surface area (Å²) in [7, 11) is 0. The van der Waals surface area contributed by atoms with Crippen LogP contribution in [0.5, 0.6) is 0 Å². The molecule has 5 aromatic rings. The summed E-state index contributed by atoms with van der Waals surface area (Å²) in [6.07, 6.45) is 4.30. The molecule has 2 aromatic heterocycles. The number of hydrogen-bond acceptors (Lipinski definition) is 0. The number of nitrogens with zero attached hydrogens (tertiary/aromatic N) is 2. The third-order valence-electron chi connectivity index (χ3n) is 4.68. The van der Waals surface area contributed by atoms with Gasteiger partial charge in [0.25, 0.3) is 5.65 Å². The van der Waals surface area contributed by atoms with E-state index >= 15 is 0 Å². The number of halogens is 1. The summed E-state index contributed by atoms with van der Waals surface area (Å²) in [5.41, 5.74) is 4.74. The molecule has 0 fully saturated rings. The number of pyridine rings is 1. The lowest BCUT2D eigenvalue weighted by molar-refractivity contribution is -0.510. The fourth-order valence-corrected chi connectivity index (χ4v) is 3.53. The van der Waals surface area contributed by atoms with Gasteiger partial charge in [0.2, 0.25) is 0 Å². The molecule has 26 heavy (non-hydrogen) atoms. The molecule has 0 saturated heterocycles. The normalized spacial score (nSPS) is 10.8. The second kappa shape index (κ2) is 6.77. The molecule has 0 aliphatic carbocycles. The van der Waals surface area contributed by atoms with Crippen molar-refractivity contribution >= 4 is 16.4 Å². The molecule has 5 rings (SSSR count). The maximum absolute atomic E-state index is 2.34. The third-order valence-corrected chi connectivity index (χ3v) is 4.68. The van der Waals surface area contributed by atoms with Crippen molar-refractivity contribution < 1.29 is 21.4 Å². The zero-order valence-corrected chi connectivity index (χ0v) is 15.7. The van der Waals surface area contributed by atoms with Crippen LogP contribution in [-0.2, 0) is 0 Å². The van der Waals surface area contributed by atoms with Crippen molar-refractivity contribution in [3.63, 3.8) is 0 Å². The van der Waals surface area contributed by atoms with Crippen LogP contribution in [0.4, 0.5) is 0 Å².